The van der Waals surface area contributed by atoms with Gasteiger partial charge < -0.3 is 10.6 Å². The fourth-order valence-corrected chi connectivity index (χ4v) is 1.53. The third-order valence-electron chi connectivity index (χ3n) is 1.67. The van der Waals surface area contributed by atoms with Crippen molar-refractivity contribution in [1.29, 1.82) is 0 Å². The fraction of sp³-hybridized carbons (Fsp3) is 0.364. The van der Waals surface area contributed by atoms with Gasteiger partial charge in [0.15, 0.2) is 0 Å². The van der Waals surface area contributed by atoms with Crippen LogP contribution in [0.4, 0.5) is 14.9 Å². The lowest BCUT2D eigenvalue weighted by molar-refractivity contribution is 0.244. The monoisotopic (exact) mass is 288 g/mol. The van der Waals surface area contributed by atoms with Crippen LogP contribution in [0.25, 0.3) is 0 Å². The van der Waals surface area contributed by atoms with Crippen LogP contribution >= 0.6 is 15.9 Å². The van der Waals surface area contributed by atoms with Crippen LogP contribution in [0.1, 0.15) is 20.8 Å². The Kier molecular flexibility index (Phi) is 3.91. The van der Waals surface area contributed by atoms with Crippen molar-refractivity contribution in [3.8, 4) is 0 Å². The number of carbonyl (C=O) groups is 1. The van der Waals surface area contributed by atoms with Crippen molar-refractivity contribution in [1.82, 2.24) is 5.32 Å². The van der Waals surface area contributed by atoms with Gasteiger partial charge in [0.1, 0.15) is 5.82 Å². The maximum absolute atomic E-state index is 12.8. The molecular weight excluding hydrogens is 275 g/mol. The number of anilines is 1. The molecule has 1 aromatic carbocycles. The van der Waals surface area contributed by atoms with Gasteiger partial charge in [-0.25, -0.2) is 9.18 Å². The van der Waals surface area contributed by atoms with Crippen molar-refractivity contribution in [3.05, 3.63) is 28.5 Å². The summed E-state index contributed by atoms with van der Waals surface area (Å²) in [6, 6.07) is 3.77. The summed E-state index contributed by atoms with van der Waals surface area (Å²) in [5, 5.41) is 5.38. The zero-order chi connectivity index (χ0) is 12.3. The van der Waals surface area contributed by atoms with Crippen LogP contribution < -0.4 is 10.6 Å². The predicted molar refractivity (Wildman–Crippen MR) is 66.0 cm³/mol. The first-order valence-electron chi connectivity index (χ1n) is 4.82. The second kappa shape index (κ2) is 4.82. The molecular formula is C11H14BrFN2O. The second-order valence-corrected chi connectivity index (χ2v) is 5.31. The lowest BCUT2D eigenvalue weighted by Crippen LogP contribution is -2.43. The average Bonchev–Trinajstić information content (AvgIpc) is 2.06. The van der Waals surface area contributed by atoms with Crippen LogP contribution in [-0.4, -0.2) is 11.6 Å². The van der Waals surface area contributed by atoms with E-state index in [1.807, 2.05) is 20.8 Å². The number of urea groups is 1. The lowest BCUT2D eigenvalue weighted by Gasteiger charge is -2.21. The molecule has 0 unspecified atom stereocenters. The van der Waals surface area contributed by atoms with Gasteiger partial charge in [0.2, 0.25) is 0 Å². The first-order chi connectivity index (χ1) is 7.28. The van der Waals surface area contributed by atoms with Gasteiger partial charge in [-0.05, 0) is 54.9 Å². The summed E-state index contributed by atoms with van der Waals surface area (Å²) in [7, 11) is 0. The second-order valence-electron chi connectivity index (χ2n) is 4.45. The fourth-order valence-electron chi connectivity index (χ4n) is 1.09. The van der Waals surface area contributed by atoms with E-state index in [2.05, 4.69) is 26.6 Å². The number of amides is 2. The van der Waals surface area contributed by atoms with Crippen LogP contribution in [0, 0.1) is 5.82 Å². The van der Waals surface area contributed by atoms with Crippen molar-refractivity contribution >= 4 is 27.6 Å². The summed E-state index contributed by atoms with van der Waals surface area (Å²) < 4.78 is 13.3. The van der Waals surface area contributed by atoms with Gasteiger partial charge in [0.25, 0.3) is 0 Å². The quantitative estimate of drug-likeness (QED) is 0.816. The highest BCUT2D eigenvalue weighted by molar-refractivity contribution is 9.10. The minimum atomic E-state index is -0.353. The van der Waals surface area contributed by atoms with Crippen LogP contribution in [-0.2, 0) is 0 Å². The van der Waals surface area contributed by atoms with E-state index in [0.717, 1.165) is 0 Å². The maximum Gasteiger partial charge on any atom is 0.319 e. The van der Waals surface area contributed by atoms with Crippen LogP contribution in [0.3, 0.4) is 0 Å². The highest BCUT2D eigenvalue weighted by Gasteiger charge is 2.14. The molecule has 0 spiro atoms. The van der Waals surface area contributed by atoms with Crippen molar-refractivity contribution in [2.45, 2.75) is 26.3 Å². The molecule has 16 heavy (non-hydrogen) atoms. The maximum atomic E-state index is 12.8. The molecule has 0 bridgehead atoms. The molecule has 0 heterocycles. The number of hydrogen-bond acceptors (Lipinski definition) is 1. The first-order valence-corrected chi connectivity index (χ1v) is 5.61. The lowest BCUT2D eigenvalue weighted by atomic mass is 10.1. The molecule has 0 aromatic heterocycles. The zero-order valence-electron chi connectivity index (χ0n) is 9.40. The highest BCUT2D eigenvalue weighted by Crippen LogP contribution is 2.22. The Morgan fingerprint density at radius 3 is 2.50 bits per heavy atom. The summed E-state index contributed by atoms with van der Waals surface area (Å²) in [5.74, 6) is -0.353. The molecule has 0 aliphatic heterocycles. The average molecular weight is 289 g/mol. The number of carbonyl (C=O) groups excluding carboxylic acids is 1. The van der Waals surface area contributed by atoms with E-state index in [1.165, 1.54) is 18.2 Å². The molecule has 1 aromatic rings. The van der Waals surface area contributed by atoms with Gasteiger partial charge in [-0.2, -0.15) is 0 Å². The molecule has 88 valence electrons. The normalized spacial score (nSPS) is 11.1. The predicted octanol–water partition coefficient (Wildman–Crippen LogP) is 3.51. The van der Waals surface area contributed by atoms with Crippen LogP contribution in [0.2, 0.25) is 0 Å². The van der Waals surface area contributed by atoms with Crippen molar-refractivity contribution in [2.24, 2.45) is 0 Å². The van der Waals surface area contributed by atoms with E-state index in [-0.39, 0.29) is 17.4 Å². The smallest absolute Gasteiger partial charge is 0.319 e. The number of rotatable bonds is 1. The third kappa shape index (κ3) is 4.18. The van der Waals surface area contributed by atoms with Gasteiger partial charge >= 0.3 is 6.03 Å². The Morgan fingerprint density at radius 1 is 1.38 bits per heavy atom. The van der Waals surface area contributed by atoms with E-state index < -0.39 is 0 Å². The molecule has 0 saturated heterocycles. The molecule has 5 heteroatoms. The van der Waals surface area contributed by atoms with E-state index >= 15 is 0 Å². The summed E-state index contributed by atoms with van der Waals surface area (Å²) in [4.78, 5) is 11.5. The van der Waals surface area contributed by atoms with Gasteiger partial charge in [-0.15, -0.1) is 0 Å². The van der Waals surface area contributed by atoms with Gasteiger partial charge in [-0.3, -0.25) is 0 Å². The Morgan fingerprint density at radius 2 is 2.00 bits per heavy atom. The van der Waals surface area contributed by atoms with Crippen LogP contribution in [0.5, 0.6) is 0 Å². The molecule has 2 amide bonds. The highest BCUT2D eigenvalue weighted by atomic mass is 79.9. The number of halogens is 2. The van der Waals surface area contributed by atoms with Crippen molar-refractivity contribution < 1.29 is 9.18 Å². The zero-order valence-corrected chi connectivity index (χ0v) is 11.0. The van der Waals surface area contributed by atoms with E-state index in [9.17, 15) is 9.18 Å². The number of nitrogens with one attached hydrogen (secondary N) is 2. The van der Waals surface area contributed by atoms with Gasteiger partial charge in [-0.1, -0.05) is 0 Å². The van der Waals surface area contributed by atoms with E-state index in [1.54, 1.807) is 0 Å². The third-order valence-corrected chi connectivity index (χ3v) is 2.32. The standard InChI is InChI=1S/C11H14BrFN2O/c1-11(2,3)15-10(16)14-9-5-4-7(13)6-8(9)12/h4-6H,1-3H3,(H2,14,15,16). The van der Waals surface area contributed by atoms with E-state index in [4.69, 9.17) is 0 Å². The van der Waals surface area contributed by atoms with E-state index in [0.29, 0.717) is 10.2 Å². The minimum absolute atomic E-state index is 0.309. The molecule has 0 radical (unpaired) electrons. The van der Waals surface area contributed by atoms with Crippen molar-refractivity contribution in [3.63, 3.8) is 0 Å². The molecule has 3 nitrogen and oxygen atoms in total. The summed E-state index contributed by atoms with van der Waals surface area (Å²) in [5.41, 5.74) is 0.222. The molecule has 0 fully saturated rings. The van der Waals surface area contributed by atoms with Crippen LogP contribution in [0.15, 0.2) is 22.7 Å². The molecule has 0 aliphatic rings. The Bertz CT molecular complexity index is 401. The summed E-state index contributed by atoms with van der Waals surface area (Å²) >= 11 is 3.17. The number of hydrogen-bond donors (Lipinski definition) is 2. The Balaban J connectivity index is 2.70. The first kappa shape index (κ1) is 13.0. The Hall–Kier alpha value is -1.10. The number of benzene rings is 1. The molecule has 1 rings (SSSR count). The van der Waals surface area contributed by atoms with Gasteiger partial charge in [0, 0.05) is 10.0 Å². The largest absolute Gasteiger partial charge is 0.333 e. The molecule has 0 saturated carbocycles. The Labute approximate surface area is 103 Å². The van der Waals surface area contributed by atoms with Gasteiger partial charge in [0.05, 0.1) is 5.69 Å². The SMILES string of the molecule is CC(C)(C)NC(=O)Nc1ccc(F)cc1Br. The molecule has 2 N–H and O–H groups in total. The minimum Gasteiger partial charge on any atom is -0.333 e. The molecule has 0 aliphatic carbocycles. The summed E-state index contributed by atoms with van der Waals surface area (Å²) in [6.45, 7) is 5.64. The molecule has 0 atom stereocenters. The summed E-state index contributed by atoms with van der Waals surface area (Å²) in [6.07, 6.45) is 0. The van der Waals surface area contributed by atoms with Crippen molar-refractivity contribution in [2.75, 3.05) is 5.32 Å². The topological polar surface area (TPSA) is 41.1 Å².